The maximum Gasteiger partial charge on any atom is 0.451 e. The molecule has 0 aliphatic rings. The Bertz CT molecular complexity index is 276. The number of nitrogens with two attached hydrogens (primary N) is 2. The Balaban J connectivity index is 4.62. The number of methoxy groups -OCH3 is 1. The van der Waals surface area contributed by atoms with Crippen LogP contribution in [0.3, 0.4) is 0 Å². The number of amidine groups is 1. The van der Waals surface area contributed by atoms with Crippen molar-refractivity contribution < 1.29 is 17.9 Å². The van der Waals surface area contributed by atoms with Crippen LogP contribution in [0.25, 0.3) is 0 Å². The van der Waals surface area contributed by atoms with Crippen molar-refractivity contribution in [3.05, 3.63) is 0 Å². The van der Waals surface area contributed by atoms with E-state index in [-0.39, 0.29) is 13.2 Å². The first-order valence-corrected chi connectivity index (χ1v) is 4.22. The number of hydrogen-bond acceptors (Lipinski definition) is 3. The Kier molecular flexibility index (Phi) is 5.75. The van der Waals surface area contributed by atoms with Gasteiger partial charge in [0.05, 0.1) is 13.2 Å². The third kappa shape index (κ3) is 4.94. The molecule has 0 aromatic carbocycles. The van der Waals surface area contributed by atoms with Crippen molar-refractivity contribution in [1.29, 1.82) is 0 Å². The van der Waals surface area contributed by atoms with Crippen molar-refractivity contribution in [1.82, 2.24) is 5.01 Å². The molecule has 0 spiro atoms. The van der Waals surface area contributed by atoms with Crippen LogP contribution in [-0.2, 0) is 4.74 Å². The highest BCUT2D eigenvalue weighted by Crippen LogP contribution is 2.17. The second kappa shape index (κ2) is 6.28. The molecular weight excluding hydrogens is 227 g/mol. The number of alkyl halides is 3. The van der Waals surface area contributed by atoms with E-state index >= 15 is 0 Å². The third-order valence-electron chi connectivity index (χ3n) is 1.52. The molecule has 0 radical (unpaired) electrons. The first-order chi connectivity index (χ1) is 7.32. The van der Waals surface area contributed by atoms with Gasteiger partial charge in [-0.05, 0) is 0 Å². The fraction of sp³-hybridized carbons (Fsp3) is 0.714. The standard InChI is InChI=1S/C7H14F3N5O/c1-13-5(7(8,9)10)14-6(11)15(12)3-4-16-2/h3-4,12H2,1-2H3,(H2,11,13,14). The van der Waals surface area contributed by atoms with E-state index in [1.54, 1.807) is 0 Å². The first-order valence-electron chi connectivity index (χ1n) is 4.22. The Hall–Kier alpha value is -1.35. The van der Waals surface area contributed by atoms with Gasteiger partial charge in [0.15, 0.2) is 0 Å². The van der Waals surface area contributed by atoms with Crippen LogP contribution < -0.4 is 11.6 Å². The summed E-state index contributed by atoms with van der Waals surface area (Å²) in [5.74, 6) is 3.51. The van der Waals surface area contributed by atoms with E-state index in [2.05, 4.69) is 14.7 Å². The fourth-order valence-corrected chi connectivity index (χ4v) is 0.717. The van der Waals surface area contributed by atoms with Crippen LogP contribution in [0.15, 0.2) is 9.98 Å². The van der Waals surface area contributed by atoms with Crippen LogP contribution in [0, 0.1) is 0 Å². The van der Waals surface area contributed by atoms with Gasteiger partial charge in [0.2, 0.25) is 11.8 Å². The third-order valence-corrected chi connectivity index (χ3v) is 1.52. The van der Waals surface area contributed by atoms with E-state index in [1.807, 2.05) is 0 Å². The van der Waals surface area contributed by atoms with Crippen LogP contribution in [0.5, 0.6) is 0 Å². The lowest BCUT2D eigenvalue weighted by atomic mass is 10.5. The molecule has 0 rings (SSSR count). The minimum Gasteiger partial charge on any atom is -0.383 e. The van der Waals surface area contributed by atoms with Crippen molar-refractivity contribution in [2.45, 2.75) is 6.18 Å². The van der Waals surface area contributed by atoms with E-state index in [0.29, 0.717) is 0 Å². The molecule has 9 heteroatoms. The van der Waals surface area contributed by atoms with Crippen molar-refractivity contribution in [2.24, 2.45) is 21.6 Å². The molecule has 0 saturated heterocycles. The monoisotopic (exact) mass is 241 g/mol. The summed E-state index contributed by atoms with van der Waals surface area (Å²) < 4.78 is 41.3. The zero-order chi connectivity index (χ0) is 12.8. The van der Waals surface area contributed by atoms with E-state index < -0.39 is 18.0 Å². The second-order valence-corrected chi connectivity index (χ2v) is 2.70. The normalized spacial score (nSPS) is 14.1. The molecule has 0 saturated carbocycles. The van der Waals surface area contributed by atoms with Crippen LogP contribution >= 0.6 is 0 Å². The highest BCUT2D eigenvalue weighted by Gasteiger charge is 2.36. The van der Waals surface area contributed by atoms with Gasteiger partial charge in [-0.3, -0.25) is 10.0 Å². The minimum absolute atomic E-state index is 0.126. The smallest absolute Gasteiger partial charge is 0.383 e. The molecule has 16 heavy (non-hydrogen) atoms. The molecule has 0 aliphatic carbocycles. The SMILES string of the molecule is CN=C(N=C(N)N(N)CCOC)C(F)(F)F. The average Bonchev–Trinajstić information content (AvgIpc) is 2.20. The zero-order valence-electron chi connectivity index (χ0n) is 8.95. The Morgan fingerprint density at radius 2 is 2.00 bits per heavy atom. The molecule has 6 nitrogen and oxygen atoms in total. The first kappa shape index (κ1) is 14.6. The highest BCUT2D eigenvalue weighted by atomic mass is 19.4. The van der Waals surface area contributed by atoms with E-state index in [1.165, 1.54) is 7.11 Å². The van der Waals surface area contributed by atoms with Crippen molar-refractivity contribution in [3.63, 3.8) is 0 Å². The number of halogens is 3. The molecule has 0 aromatic heterocycles. The van der Waals surface area contributed by atoms with Gasteiger partial charge in [-0.15, -0.1) is 0 Å². The number of rotatable bonds is 3. The van der Waals surface area contributed by atoms with Crippen molar-refractivity contribution in [3.8, 4) is 0 Å². The highest BCUT2D eigenvalue weighted by molar-refractivity contribution is 5.98. The number of hydrogen-bond donors (Lipinski definition) is 2. The zero-order valence-corrected chi connectivity index (χ0v) is 8.95. The molecule has 0 aromatic rings. The van der Waals surface area contributed by atoms with Gasteiger partial charge < -0.3 is 10.5 Å². The molecule has 0 heterocycles. The van der Waals surface area contributed by atoms with Gasteiger partial charge in [-0.25, -0.2) is 5.84 Å². The molecule has 0 atom stereocenters. The maximum atomic E-state index is 12.2. The molecule has 0 amide bonds. The van der Waals surface area contributed by atoms with Gasteiger partial charge >= 0.3 is 6.18 Å². The number of aliphatic imine (C=N–C) groups is 2. The van der Waals surface area contributed by atoms with Crippen molar-refractivity contribution in [2.75, 3.05) is 27.3 Å². The minimum atomic E-state index is -4.65. The molecule has 0 fully saturated rings. The quantitative estimate of drug-likeness (QED) is 0.307. The van der Waals surface area contributed by atoms with E-state index in [4.69, 9.17) is 11.6 Å². The lowest BCUT2D eigenvalue weighted by Gasteiger charge is -2.17. The summed E-state index contributed by atoms with van der Waals surface area (Å²) in [5, 5.41) is 0.848. The van der Waals surface area contributed by atoms with Gasteiger partial charge in [0, 0.05) is 14.2 Å². The van der Waals surface area contributed by atoms with Gasteiger partial charge in [0.1, 0.15) is 0 Å². The molecule has 94 valence electrons. The number of ether oxygens (including phenoxy) is 1. The largest absolute Gasteiger partial charge is 0.451 e. The Morgan fingerprint density at radius 1 is 1.44 bits per heavy atom. The lowest BCUT2D eigenvalue weighted by molar-refractivity contribution is -0.0598. The summed E-state index contributed by atoms with van der Waals surface area (Å²) >= 11 is 0. The summed E-state index contributed by atoms with van der Waals surface area (Å²) in [6.45, 7) is 0.345. The van der Waals surface area contributed by atoms with Crippen LogP contribution in [-0.4, -0.2) is 50.3 Å². The maximum absolute atomic E-state index is 12.2. The topological polar surface area (TPSA) is 89.2 Å². The number of nitrogens with zero attached hydrogens (tertiary/aromatic N) is 3. The summed E-state index contributed by atoms with van der Waals surface area (Å²) in [4.78, 5) is 6.06. The van der Waals surface area contributed by atoms with Crippen molar-refractivity contribution >= 4 is 11.8 Å². The summed E-state index contributed by atoms with van der Waals surface area (Å²) in [6.07, 6.45) is -4.65. The van der Waals surface area contributed by atoms with Crippen LogP contribution in [0.2, 0.25) is 0 Å². The van der Waals surface area contributed by atoms with E-state index in [9.17, 15) is 13.2 Å². The Morgan fingerprint density at radius 3 is 2.38 bits per heavy atom. The molecule has 0 bridgehead atoms. The molecule has 4 N–H and O–H groups in total. The predicted molar refractivity (Wildman–Crippen MR) is 53.8 cm³/mol. The Labute approximate surface area is 90.7 Å². The lowest BCUT2D eigenvalue weighted by Crippen LogP contribution is -2.45. The number of hydrazine groups is 1. The molecular formula is C7H14F3N5O. The average molecular weight is 241 g/mol. The van der Waals surface area contributed by atoms with Gasteiger partial charge in [-0.1, -0.05) is 0 Å². The second-order valence-electron chi connectivity index (χ2n) is 2.70. The van der Waals surface area contributed by atoms with Crippen LogP contribution in [0.1, 0.15) is 0 Å². The predicted octanol–water partition coefficient (Wildman–Crippen LogP) is -0.286. The fourth-order valence-electron chi connectivity index (χ4n) is 0.717. The summed E-state index contributed by atoms with van der Waals surface area (Å²) in [5.41, 5.74) is 5.25. The van der Waals surface area contributed by atoms with E-state index in [0.717, 1.165) is 12.1 Å². The molecule has 0 aliphatic heterocycles. The molecule has 0 unspecified atom stereocenters. The number of guanidine groups is 1. The van der Waals surface area contributed by atoms with Gasteiger partial charge in [-0.2, -0.15) is 18.2 Å². The summed E-state index contributed by atoms with van der Waals surface area (Å²) in [6, 6.07) is 0. The van der Waals surface area contributed by atoms with Gasteiger partial charge in [0.25, 0.3) is 0 Å². The summed E-state index contributed by atoms with van der Waals surface area (Å²) in [7, 11) is 2.39. The van der Waals surface area contributed by atoms with Crippen LogP contribution in [0.4, 0.5) is 13.2 Å².